The van der Waals surface area contributed by atoms with E-state index in [4.69, 9.17) is 4.98 Å². The van der Waals surface area contributed by atoms with Gasteiger partial charge in [-0.2, -0.15) is 28.5 Å². The minimum atomic E-state index is -4.52. The normalized spacial score (nSPS) is 14.9. The van der Waals surface area contributed by atoms with Crippen LogP contribution in [0.5, 0.6) is 0 Å². The van der Waals surface area contributed by atoms with E-state index in [0.29, 0.717) is 17.9 Å². The van der Waals surface area contributed by atoms with Crippen molar-refractivity contribution < 1.29 is 18.3 Å². The van der Waals surface area contributed by atoms with E-state index in [2.05, 4.69) is 19.9 Å². The highest BCUT2D eigenvalue weighted by molar-refractivity contribution is 5.95. The van der Waals surface area contributed by atoms with Crippen LogP contribution in [0, 0.1) is 0 Å². The van der Waals surface area contributed by atoms with Crippen LogP contribution in [-0.2, 0) is 27.3 Å². The summed E-state index contributed by atoms with van der Waals surface area (Å²) in [5.41, 5.74) is 4.93. The molecule has 1 atom stereocenters. The summed E-state index contributed by atoms with van der Waals surface area (Å²) in [6, 6.07) is 10.7. The van der Waals surface area contributed by atoms with Crippen LogP contribution in [0.25, 0.3) is 50.3 Å². The van der Waals surface area contributed by atoms with E-state index >= 15 is 0 Å². The Morgan fingerprint density at radius 3 is 2.45 bits per heavy atom. The molecule has 216 valence electrons. The monoisotopic (exact) mass is 574 g/mol. The Balaban J connectivity index is 1.41. The molecule has 2 aromatic carbocycles. The lowest BCUT2D eigenvalue weighted by atomic mass is 9.98. The first-order chi connectivity index (χ1) is 20.0. The van der Waals surface area contributed by atoms with Crippen molar-refractivity contribution in [2.75, 3.05) is 0 Å². The molecular weight excluding hydrogens is 545 g/mol. The van der Waals surface area contributed by atoms with Crippen molar-refractivity contribution in [3.63, 3.8) is 0 Å². The predicted molar refractivity (Wildman–Crippen MR) is 152 cm³/mol. The third-order valence-electron chi connectivity index (χ3n) is 8.08. The highest BCUT2D eigenvalue weighted by Gasteiger charge is 2.36. The maximum absolute atomic E-state index is 13.4. The molecule has 4 heterocycles. The van der Waals surface area contributed by atoms with E-state index in [0.717, 1.165) is 73.8 Å². The third kappa shape index (κ3) is 4.20. The minimum Gasteiger partial charge on any atom is -0.388 e. The Morgan fingerprint density at radius 2 is 1.76 bits per heavy atom. The fraction of sp³-hybridized carbons (Fsp3) is 0.333. The molecule has 42 heavy (non-hydrogen) atoms. The maximum Gasteiger partial charge on any atom is 0.433 e. The second-order valence-electron chi connectivity index (χ2n) is 11.0. The number of nitrogens with zero attached hydrogens (tertiary/aromatic N) is 8. The number of alkyl halides is 3. The molecule has 7 rings (SSSR count). The Bertz CT molecular complexity index is 1990. The fourth-order valence-corrected chi connectivity index (χ4v) is 5.87. The Labute approximate surface area is 238 Å². The van der Waals surface area contributed by atoms with Crippen LogP contribution >= 0.6 is 0 Å². The highest BCUT2D eigenvalue weighted by Crippen LogP contribution is 2.47. The number of benzene rings is 2. The van der Waals surface area contributed by atoms with E-state index in [1.54, 1.807) is 10.9 Å². The van der Waals surface area contributed by atoms with Crippen LogP contribution in [0.1, 0.15) is 55.2 Å². The van der Waals surface area contributed by atoms with Crippen molar-refractivity contribution in [3.8, 4) is 28.5 Å². The van der Waals surface area contributed by atoms with E-state index < -0.39 is 18.0 Å². The molecule has 1 unspecified atom stereocenters. The summed E-state index contributed by atoms with van der Waals surface area (Å²) >= 11 is 0. The number of hydrogen-bond donors (Lipinski definition) is 1. The molecule has 0 amide bonds. The lowest BCUT2D eigenvalue weighted by Gasteiger charge is -2.15. The zero-order chi connectivity index (χ0) is 29.5. The van der Waals surface area contributed by atoms with Crippen LogP contribution in [-0.4, -0.2) is 44.0 Å². The van der Waals surface area contributed by atoms with Gasteiger partial charge in [0.1, 0.15) is 11.5 Å². The number of fused-ring (bicyclic) bond motifs is 2. The number of rotatable bonds is 6. The third-order valence-corrected chi connectivity index (χ3v) is 8.08. The first-order valence-corrected chi connectivity index (χ1v) is 13.9. The fourth-order valence-electron chi connectivity index (χ4n) is 5.87. The molecule has 0 saturated heterocycles. The second-order valence-corrected chi connectivity index (χ2v) is 11.0. The summed E-state index contributed by atoms with van der Waals surface area (Å²) in [5.74, 6) is 1.16. The van der Waals surface area contributed by atoms with Crippen molar-refractivity contribution in [3.05, 3.63) is 65.7 Å². The standard InChI is InChI=1S/C30H29F3N8O/c1-5-24(42)19-12-23-17(14-38(2)35-23)11-20(19)29-34-27(28(39(29)3)16-9-10-16)18-7-6-8-22-21(18)15-41(36-22)26-13-25(30(31,32)33)40(4)37-26/h6-8,11-16,24,42H,5,9-10H2,1-4H3. The minimum absolute atomic E-state index is 0.0825. The van der Waals surface area contributed by atoms with Crippen LogP contribution in [0.15, 0.2) is 48.8 Å². The lowest BCUT2D eigenvalue weighted by Crippen LogP contribution is -2.11. The zero-order valence-electron chi connectivity index (χ0n) is 23.6. The molecule has 0 spiro atoms. The molecule has 4 aromatic heterocycles. The molecule has 0 bridgehead atoms. The van der Waals surface area contributed by atoms with E-state index in [1.807, 2.05) is 57.5 Å². The van der Waals surface area contributed by atoms with Crippen molar-refractivity contribution >= 4 is 21.8 Å². The maximum atomic E-state index is 13.4. The van der Waals surface area contributed by atoms with Gasteiger partial charge in [0.05, 0.1) is 22.8 Å². The van der Waals surface area contributed by atoms with Gasteiger partial charge in [-0.05, 0) is 43.0 Å². The van der Waals surface area contributed by atoms with Gasteiger partial charge in [0.15, 0.2) is 5.82 Å². The van der Waals surface area contributed by atoms with Gasteiger partial charge in [0, 0.05) is 73.1 Å². The number of imidazole rings is 1. The molecule has 1 fully saturated rings. The van der Waals surface area contributed by atoms with Gasteiger partial charge in [0.25, 0.3) is 0 Å². The SMILES string of the molecule is CCC(O)c1cc2nn(C)cc2cc1-c1nc(-c2cccc3nn(-c4cc(C(F)(F)F)n(C)n4)cc23)c(C2CC2)n1C. The summed E-state index contributed by atoms with van der Waals surface area (Å²) in [7, 11) is 5.14. The number of halogens is 3. The van der Waals surface area contributed by atoms with Crippen LogP contribution in [0.3, 0.4) is 0 Å². The summed E-state index contributed by atoms with van der Waals surface area (Å²) in [6.45, 7) is 1.94. The van der Waals surface area contributed by atoms with Gasteiger partial charge in [-0.25, -0.2) is 9.67 Å². The first-order valence-electron chi connectivity index (χ1n) is 13.9. The van der Waals surface area contributed by atoms with E-state index in [9.17, 15) is 18.3 Å². The van der Waals surface area contributed by atoms with Crippen LogP contribution in [0.2, 0.25) is 0 Å². The highest BCUT2D eigenvalue weighted by atomic mass is 19.4. The summed E-state index contributed by atoms with van der Waals surface area (Å²) in [4.78, 5) is 5.20. The quantitative estimate of drug-likeness (QED) is 0.261. The van der Waals surface area contributed by atoms with Crippen LogP contribution < -0.4 is 0 Å². The topological polar surface area (TPSA) is 91.5 Å². The van der Waals surface area contributed by atoms with Gasteiger partial charge in [-0.3, -0.25) is 9.36 Å². The van der Waals surface area contributed by atoms with E-state index in [1.165, 1.54) is 11.7 Å². The Morgan fingerprint density at radius 1 is 0.976 bits per heavy atom. The van der Waals surface area contributed by atoms with Gasteiger partial charge in [-0.15, -0.1) is 0 Å². The molecule has 1 aliphatic rings. The molecule has 1 saturated carbocycles. The van der Waals surface area contributed by atoms with Gasteiger partial charge >= 0.3 is 6.18 Å². The van der Waals surface area contributed by atoms with Gasteiger partial charge in [-0.1, -0.05) is 19.1 Å². The van der Waals surface area contributed by atoms with Crippen molar-refractivity contribution in [1.82, 2.24) is 38.9 Å². The smallest absolute Gasteiger partial charge is 0.388 e. The number of aryl methyl sites for hydroxylation is 2. The Hall–Kier alpha value is -4.45. The summed E-state index contributed by atoms with van der Waals surface area (Å²) in [5, 5.41) is 25.9. The van der Waals surface area contributed by atoms with Gasteiger partial charge in [0.2, 0.25) is 0 Å². The molecule has 9 nitrogen and oxygen atoms in total. The average molecular weight is 575 g/mol. The molecule has 1 aliphatic carbocycles. The molecule has 6 aromatic rings. The molecule has 1 N–H and O–H groups in total. The van der Waals surface area contributed by atoms with Crippen molar-refractivity contribution in [2.45, 2.75) is 44.4 Å². The first kappa shape index (κ1) is 26.4. The number of aliphatic hydroxyl groups excluding tert-OH is 1. The molecule has 0 aliphatic heterocycles. The van der Waals surface area contributed by atoms with Crippen molar-refractivity contribution in [1.29, 1.82) is 0 Å². The zero-order valence-corrected chi connectivity index (χ0v) is 23.6. The predicted octanol–water partition coefficient (Wildman–Crippen LogP) is 6.05. The second kappa shape index (κ2) is 9.28. The van der Waals surface area contributed by atoms with E-state index in [-0.39, 0.29) is 5.82 Å². The van der Waals surface area contributed by atoms with Gasteiger partial charge < -0.3 is 9.67 Å². The molecular formula is C30H29F3N8O. The molecule has 12 heteroatoms. The number of aromatic nitrogens is 8. The molecule has 0 radical (unpaired) electrons. The lowest BCUT2D eigenvalue weighted by molar-refractivity contribution is -0.143. The largest absolute Gasteiger partial charge is 0.433 e. The van der Waals surface area contributed by atoms with Crippen molar-refractivity contribution in [2.24, 2.45) is 21.1 Å². The van der Waals surface area contributed by atoms with Crippen LogP contribution in [0.4, 0.5) is 13.2 Å². The average Bonchev–Trinajstić information content (AvgIpc) is 3.24. The number of hydrogen-bond acceptors (Lipinski definition) is 5. The Kier molecular flexibility index (Phi) is 5.84. The summed E-state index contributed by atoms with van der Waals surface area (Å²) in [6.07, 6.45) is 1.08. The summed E-state index contributed by atoms with van der Waals surface area (Å²) < 4.78 is 46.4. The number of aliphatic hydroxyl groups is 1.